The SMILES string of the molecule is N#Cc1ccc(Cl)cc1NS(=O)(=O)c1cc(N)ccc1Br. The summed E-state index contributed by atoms with van der Waals surface area (Å²) < 4.78 is 27.5. The number of nitrogens with one attached hydrogen (secondary N) is 1. The number of sulfonamides is 1. The van der Waals surface area contributed by atoms with Crippen LogP contribution in [0.4, 0.5) is 11.4 Å². The van der Waals surface area contributed by atoms with Gasteiger partial charge in [-0.05, 0) is 52.3 Å². The molecule has 0 unspecified atom stereocenters. The van der Waals surface area contributed by atoms with Gasteiger partial charge in [0.25, 0.3) is 10.0 Å². The highest BCUT2D eigenvalue weighted by Crippen LogP contribution is 2.28. The maximum atomic E-state index is 12.4. The molecule has 0 saturated heterocycles. The molecule has 0 spiro atoms. The predicted octanol–water partition coefficient (Wildman–Crippen LogP) is 3.36. The molecule has 0 aliphatic heterocycles. The van der Waals surface area contributed by atoms with Gasteiger partial charge in [0, 0.05) is 15.2 Å². The smallest absolute Gasteiger partial charge is 0.263 e. The summed E-state index contributed by atoms with van der Waals surface area (Å²) in [6, 6.07) is 10.7. The largest absolute Gasteiger partial charge is 0.399 e. The van der Waals surface area contributed by atoms with Crippen molar-refractivity contribution in [2.45, 2.75) is 4.90 Å². The first-order valence-electron chi connectivity index (χ1n) is 5.61. The second-order valence-electron chi connectivity index (χ2n) is 4.10. The van der Waals surface area contributed by atoms with Crippen molar-refractivity contribution < 1.29 is 8.42 Å². The lowest BCUT2D eigenvalue weighted by molar-refractivity contribution is 0.601. The van der Waals surface area contributed by atoms with Crippen molar-refractivity contribution in [3.8, 4) is 6.07 Å². The number of halogens is 2. The van der Waals surface area contributed by atoms with Crippen LogP contribution in [-0.4, -0.2) is 8.42 Å². The average molecular weight is 387 g/mol. The molecule has 0 radical (unpaired) electrons. The molecule has 21 heavy (non-hydrogen) atoms. The Morgan fingerprint density at radius 3 is 2.62 bits per heavy atom. The van der Waals surface area contributed by atoms with E-state index in [1.54, 1.807) is 6.07 Å². The van der Waals surface area contributed by atoms with Crippen LogP contribution in [-0.2, 0) is 10.0 Å². The first-order valence-corrected chi connectivity index (χ1v) is 8.26. The second kappa shape index (κ2) is 5.93. The van der Waals surface area contributed by atoms with Crippen molar-refractivity contribution in [2.24, 2.45) is 0 Å². The van der Waals surface area contributed by atoms with Gasteiger partial charge in [0.1, 0.15) is 11.0 Å². The van der Waals surface area contributed by atoms with Crippen LogP contribution >= 0.6 is 27.5 Å². The average Bonchev–Trinajstić information content (AvgIpc) is 2.41. The fourth-order valence-corrected chi connectivity index (χ4v) is 3.87. The van der Waals surface area contributed by atoms with Crippen LogP contribution in [0.2, 0.25) is 5.02 Å². The van der Waals surface area contributed by atoms with Crippen LogP contribution in [0.1, 0.15) is 5.56 Å². The lowest BCUT2D eigenvalue weighted by Gasteiger charge is -2.11. The molecule has 3 N–H and O–H groups in total. The monoisotopic (exact) mass is 385 g/mol. The van der Waals surface area contributed by atoms with Crippen molar-refractivity contribution in [3.05, 3.63) is 51.5 Å². The maximum Gasteiger partial charge on any atom is 0.263 e. The minimum Gasteiger partial charge on any atom is -0.399 e. The Labute approximate surface area is 135 Å². The number of nitrogen functional groups attached to an aromatic ring is 1. The van der Waals surface area contributed by atoms with Crippen molar-refractivity contribution in [1.29, 1.82) is 5.26 Å². The van der Waals surface area contributed by atoms with Crippen molar-refractivity contribution in [2.75, 3.05) is 10.5 Å². The van der Waals surface area contributed by atoms with Gasteiger partial charge < -0.3 is 5.73 Å². The Kier molecular flexibility index (Phi) is 4.42. The zero-order valence-electron chi connectivity index (χ0n) is 10.5. The topological polar surface area (TPSA) is 96.0 Å². The molecule has 0 amide bonds. The summed E-state index contributed by atoms with van der Waals surface area (Å²) in [6.07, 6.45) is 0. The first kappa shape index (κ1) is 15.6. The molecule has 108 valence electrons. The van der Waals surface area contributed by atoms with E-state index in [0.29, 0.717) is 15.2 Å². The van der Waals surface area contributed by atoms with Crippen LogP contribution in [0.15, 0.2) is 45.8 Å². The first-order chi connectivity index (χ1) is 9.83. The molecular formula is C13H9BrClN3O2S. The van der Waals surface area contributed by atoms with E-state index in [0.717, 1.165) is 0 Å². The summed E-state index contributed by atoms with van der Waals surface area (Å²) in [4.78, 5) is -0.0219. The van der Waals surface area contributed by atoms with Crippen molar-refractivity contribution >= 4 is 48.9 Å². The van der Waals surface area contributed by atoms with Crippen LogP contribution < -0.4 is 10.5 Å². The molecule has 0 atom stereocenters. The predicted molar refractivity (Wildman–Crippen MR) is 85.5 cm³/mol. The molecule has 8 heteroatoms. The summed E-state index contributed by atoms with van der Waals surface area (Å²) in [5.41, 5.74) is 6.20. The molecule has 5 nitrogen and oxygen atoms in total. The molecule has 0 aliphatic rings. The summed E-state index contributed by atoms with van der Waals surface area (Å²) in [7, 11) is -3.90. The number of nitrogens with zero attached hydrogens (tertiary/aromatic N) is 1. The number of benzene rings is 2. The highest BCUT2D eigenvalue weighted by Gasteiger charge is 2.19. The molecule has 2 rings (SSSR count). The van der Waals surface area contributed by atoms with Gasteiger partial charge in [0.05, 0.1) is 11.3 Å². The van der Waals surface area contributed by atoms with E-state index in [1.807, 2.05) is 6.07 Å². The Morgan fingerprint density at radius 1 is 1.24 bits per heavy atom. The van der Waals surface area contributed by atoms with Crippen molar-refractivity contribution in [3.63, 3.8) is 0 Å². The van der Waals surface area contributed by atoms with E-state index >= 15 is 0 Å². The Hall–Kier alpha value is -1.75. The zero-order chi connectivity index (χ0) is 15.6. The van der Waals surface area contributed by atoms with E-state index < -0.39 is 10.0 Å². The molecule has 0 fully saturated rings. The van der Waals surface area contributed by atoms with E-state index in [9.17, 15) is 8.42 Å². The minimum absolute atomic E-state index is 0.0219. The van der Waals surface area contributed by atoms with Crippen molar-refractivity contribution in [1.82, 2.24) is 0 Å². The summed E-state index contributed by atoms with van der Waals surface area (Å²) in [5.74, 6) is 0. The fourth-order valence-electron chi connectivity index (χ4n) is 1.62. The number of hydrogen-bond acceptors (Lipinski definition) is 4. The summed E-state index contributed by atoms with van der Waals surface area (Å²) in [6.45, 7) is 0. The highest BCUT2D eigenvalue weighted by molar-refractivity contribution is 9.10. The highest BCUT2D eigenvalue weighted by atomic mass is 79.9. The lowest BCUT2D eigenvalue weighted by Crippen LogP contribution is -2.14. The van der Waals surface area contributed by atoms with Crippen LogP contribution in [0.5, 0.6) is 0 Å². The van der Waals surface area contributed by atoms with Gasteiger partial charge in [-0.15, -0.1) is 0 Å². The van der Waals surface area contributed by atoms with E-state index in [1.165, 1.54) is 30.3 Å². The van der Waals surface area contributed by atoms with Gasteiger partial charge in [-0.1, -0.05) is 11.6 Å². The Morgan fingerprint density at radius 2 is 1.95 bits per heavy atom. The van der Waals surface area contributed by atoms with Gasteiger partial charge in [0.2, 0.25) is 0 Å². The fraction of sp³-hybridized carbons (Fsp3) is 0. The van der Waals surface area contributed by atoms with Gasteiger partial charge >= 0.3 is 0 Å². The Balaban J connectivity index is 2.50. The second-order valence-corrected chi connectivity index (χ2v) is 7.04. The number of anilines is 2. The molecule has 0 aliphatic carbocycles. The van der Waals surface area contributed by atoms with Crippen LogP contribution in [0, 0.1) is 11.3 Å². The van der Waals surface area contributed by atoms with Crippen LogP contribution in [0.3, 0.4) is 0 Å². The van der Waals surface area contributed by atoms with E-state index in [4.69, 9.17) is 22.6 Å². The van der Waals surface area contributed by atoms with Gasteiger partial charge in [-0.3, -0.25) is 4.72 Å². The summed E-state index contributed by atoms with van der Waals surface area (Å²) >= 11 is 9.00. The number of nitriles is 1. The molecule has 0 saturated carbocycles. The molecule has 2 aromatic rings. The normalized spacial score (nSPS) is 10.9. The number of rotatable bonds is 3. The molecule has 0 aromatic heterocycles. The standard InChI is InChI=1S/C13H9BrClN3O2S/c14-11-4-3-10(17)6-13(11)21(19,20)18-12-5-9(15)2-1-8(12)7-16/h1-6,18H,17H2. The molecule has 0 heterocycles. The third-order valence-electron chi connectivity index (χ3n) is 2.59. The zero-order valence-corrected chi connectivity index (χ0v) is 13.6. The summed E-state index contributed by atoms with van der Waals surface area (Å²) in [5, 5.41) is 9.34. The van der Waals surface area contributed by atoms with Gasteiger partial charge in [-0.25, -0.2) is 8.42 Å². The quantitative estimate of drug-likeness (QED) is 0.791. The Bertz CT molecular complexity index is 847. The molecular weight excluding hydrogens is 378 g/mol. The van der Waals surface area contributed by atoms with E-state index in [-0.39, 0.29) is 16.1 Å². The van der Waals surface area contributed by atoms with E-state index in [2.05, 4.69) is 20.7 Å². The lowest BCUT2D eigenvalue weighted by atomic mass is 10.2. The molecule has 2 aromatic carbocycles. The van der Waals surface area contributed by atoms with Gasteiger partial charge in [0.15, 0.2) is 0 Å². The number of nitrogens with two attached hydrogens (primary N) is 1. The number of hydrogen-bond donors (Lipinski definition) is 2. The maximum absolute atomic E-state index is 12.4. The van der Waals surface area contributed by atoms with Gasteiger partial charge in [-0.2, -0.15) is 5.26 Å². The minimum atomic E-state index is -3.90. The molecule has 0 bridgehead atoms. The van der Waals surface area contributed by atoms with Crippen LogP contribution in [0.25, 0.3) is 0 Å². The third kappa shape index (κ3) is 3.47. The third-order valence-corrected chi connectivity index (χ3v) is 5.19.